The minimum atomic E-state index is -0.193. The Kier molecular flexibility index (Phi) is 4.01. The van der Waals surface area contributed by atoms with Crippen LogP contribution in [0.1, 0.15) is 25.6 Å². The molecule has 0 bridgehead atoms. The van der Waals surface area contributed by atoms with Crippen molar-refractivity contribution in [1.82, 2.24) is 20.2 Å². The third-order valence-corrected chi connectivity index (χ3v) is 3.96. The molecule has 2 N–H and O–H groups in total. The van der Waals surface area contributed by atoms with E-state index in [0.29, 0.717) is 6.54 Å². The van der Waals surface area contributed by atoms with Crippen LogP contribution >= 0.6 is 0 Å². The number of nitrogens with zero attached hydrogens (tertiary/aromatic N) is 2. The van der Waals surface area contributed by atoms with Gasteiger partial charge in [-0.15, -0.1) is 0 Å². The molecule has 0 radical (unpaired) electrons. The molecule has 1 atom stereocenters. The lowest BCUT2D eigenvalue weighted by Gasteiger charge is -2.25. The number of aryl methyl sites for hydroxylation is 1. The van der Waals surface area contributed by atoms with Crippen LogP contribution in [-0.2, 0) is 18.3 Å². The van der Waals surface area contributed by atoms with Gasteiger partial charge in [-0.3, -0.25) is 4.79 Å². The third-order valence-electron chi connectivity index (χ3n) is 3.96. The fourth-order valence-electron chi connectivity index (χ4n) is 2.51. The molecule has 2 heterocycles. The van der Waals surface area contributed by atoms with E-state index in [0.717, 1.165) is 38.2 Å². The molecule has 100 valence electrons. The minimum Gasteiger partial charge on any atom is -0.355 e. The van der Waals surface area contributed by atoms with Crippen LogP contribution < -0.4 is 10.6 Å². The summed E-state index contributed by atoms with van der Waals surface area (Å²) < 4.78 is 1.98. The average Bonchev–Trinajstić information content (AvgIpc) is 2.99. The van der Waals surface area contributed by atoms with E-state index in [1.807, 2.05) is 17.8 Å². The quantitative estimate of drug-likeness (QED) is 0.798. The van der Waals surface area contributed by atoms with E-state index in [9.17, 15) is 4.79 Å². The van der Waals surface area contributed by atoms with Crippen LogP contribution in [0.5, 0.6) is 0 Å². The highest BCUT2D eigenvalue weighted by Crippen LogP contribution is 2.29. The van der Waals surface area contributed by atoms with E-state index in [1.165, 1.54) is 0 Å². The molecule has 2 rings (SSSR count). The number of imidazole rings is 1. The van der Waals surface area contributed by atoms with E-state index in [1.54, 1.807) is 6.20 Å². The van der Waals surface area contributed by atoms with Gasteiger partial charge in [0.25, 0.3) is 0 Å². The zero-order chi connectivity index (χ0) is 13.0. The second-order valence-electron chi connectivity index (χ2n) is 5.02. The molecule has 0 aromatic carbocycles. The van der Waals surface area contributed by atoms with Gasteiger partial charge in [-0.1, -0.05) is 6.92 Å². The first-order valence-electron chi connectivity index (χ1n) is 6.63. The van der Waals surface area contributed by atoms with E-state index in [-0.39, 0.29) is 11.3 Å². The van der Waals surface area contributed by atoms with E-state index in [2.05, 4.69) is 22.5 Å². The van der Waals surface area contributed by atoms with Crippen LogP contribution in [0, 0.1) is 5.41 Å². The van der Waals surface area contributed by atoms with Crippen molar-refractivity contribution in [3.05, 3.63) is 18.2 Å². The molecule has 1 aliphatic rings. The molecule has 1 amide bonds. The number of rotatable bonds is 5. The van der Waals surface area contributed by atoms with Crippen LogP contribution in [-0.4, -0.2) is 35.1 Å². The van der Waals surface area contributed by atoms with Crippen molar-refractivity contribution >= 4 is 5.91 Å². The summed E-state index contributed by atoms with van der Waals surface area (Å²) in [6, 6.07) is 0. The average molecular weight is 250 g/mol. The molecule has 5 heteroatoms. The van der Waals surface area contributed by atoms with E-state index >= 15 is 0 Å². The fraction of sp³-hybridized carbons (Fsp3) is 0.692. The first-order valence-corrected chi connectivity index (χ1v) is 6.63. The largest absolute Gasteiger partial charge is 0.355 e. The van der Waals surface area contributed by atoms with Gasteiger partial charge in [0.1, 0.15) is 5.82 Å². The van der Waals surface area contributed by atoms with Crippen molar-refractivity contribution in [1.29, 1.82) is 0 Å². The molecule has 1 saturated heterocycles. The zero-order valence-electron chi connectivity index (χ0n) is 11.2. The number of amides is 1. The molecule has 18 heavy (non-hydrogen) atoms. The standard InChI is InChI=1S/C13H22N4O/c1-3-13(5-7-14-10-13)12(18)16-6-4-11-15-8-9-17(11)2/h8-9,14H,3-7,10H2,1-2H3,(H,16,18). The maximum atomic E-state index is 12.2. The number of carbonyl (C=O) groups excluding carboxylic acids is 1. The number of hydrogen-bond donors (Lipinski definition) is 2. The molecule has 5 nitrogen and oxygen atoms in total. The molecule has 1 aromatic rings. The summed E-state index contributed by atoms with van der Waals surface area (Å²) in [6.45, 7) is 4.50. The van der Waals surface area contributed by atoms with Gasteiger partial charge in [0.15, 0.2) is 0 Å². The Morgan fingerprint density at radius 3 is 3.06 bits per heavy atom. The van der Waals surface area contributed by atoms with Crippen LogP contribution in [0.3, 0.4) is 0 Å². The van der Waals surface area contributed by atoms with Crippen LogP contribution in [0.2, 0.25) is 0 Å². The van der Waals surface area contributed by atoms with Gasteiger partial charge < -0.3 is 15.2 Å². The summed E-state index contributed by atoms with van der Waals surface area (Å²) in [6.07, 6.45) is 6.32. The van der Waals surface area contributed by atoms with Crippen LogP contribution in [0.15, 0.2) is 12.4 Å². The first kappa shape index (κ1) is 13.1. The van der Waals surface area contributed by atoms with Crippen molar-refractivity contribution in [2.45, 2.75) is 26.2 Å². The molecule has 0 aliphatic carbocycles. The Morgan fingerprint density at radius 2 is 2.50 bits per heavy atom. The highest BCUT2D eigenvalue weighted by Gasteiger charge is 2.39. The fourth-order valence-corrected chi connectivity index (χ4v) is 2.51. The zero-order valence-corrected chi connectivity index (χ0v) is 11.2. The SMILES string of the molecule is CCC1(C(=O)NCCc2nccn2C)CCNC1. The highest BCUT2D eigenvalue weighted by molar-refractivity contribution is 5.83. The van der Waals surface area contributed by atoms with Gasteiger partial charge in [-0.25, -0.2) is 4.98 Å². The Hall–Kier alpha value is -1.36. The summed E-state index contributed by atoms with van der Waals surface area (Å²) in [4.78, 5) is 16.5. The van der Waals surface area contributed by atoms with Crippen molar-refractivity contribution in [3.63, 3.8) is 0 Å². The Balaban J connectivity index is 1.83. The second kappa shape index (κ2) is 5.52. The maximum absolute atomic E-state index is 12.2. The van der Waals surface area contributed by atoms with Gasteiger partial charge in [-0.05, 0) is 19.4 Å². The second-order valence-corrected chi connectivity index (χ2v) is 5.02. The predicted octanol–water partition coefficient (Wildman–Crippen LogP) is 0.469. The monoisotopic (exact) mass is 250 g/mol. The van der Waals surface area contributed by atoms with Crippen molar-refractivity contribution < 1.29 is 4.79 Å². The summed E-state index contributed by atoms with van der Waals surface area (Å²) in [5.41, 5.74) is -0.193. The normalized spacial score (nSPS) is 23.2. The smallest absolute Gasteiger partial charge is 0.227 e. The van der Waals surface area contributed by atoms with E-state index in [4.69, 9.17) is 0 Å². The van der Waals surface area contributed by atoms with Gasteiger partial charge in [-0.2, -0.15) is 0 Å². The molecular formula is C13H22N4O. The van der Waals surface area contributed by atoms with E-state index < -0.39 is 0 Å². The Labute approximate surface area is 108 Å². The molecule has 1 fully saturated rings. The predicted molar refractivity (Wildman–Crippen MR) is 70.1 cm³/mol. The molecule has 1 aliphatic heterocycles. The van der Waals surface area contributed by atoms with Crippen molar-refractivity contribution in [2.75, 3.05) is 19.6 Å². The molecule has 1 unspecified atom stereocenters. The molecule has 0 spiro atoms. The van der Waals surface area contributed by atoms with Crippen LogP contribution in [0.4, 0.5) is 0 Å². The lowest BCUT2D eigenvalue weighted by atomic mass is 9.83. The summed E-state index contributed by atoms with van der Waals surface area (Å²) in [7, 11) is 1.97. The highest BCUT2D eigenvalue weighted by atomic mass is 16.2. The number of carbonyl (C=O) groups is 1. The topological polar surface area (TPSA) is 59.0 Å². The van der Waals surface area contributed by atoms with Crippen LogP contribution in [0.25, 0.3) is 0 Å². The van der Waals surface area contributed by atoms with Gasteiger partial charge in [0.2, 0.25) is 5.91 Å². The number of nitrogens with one attached hydrogen (secondary N) is 2. The van der Waals surface area contributed by atoms with Crippen molar-refractivity contribution in [3.8, 4) is 0 Å². The summed E-state index contributed by atoms with van der Waals surface area (Å²) in [5, 5.41) is 6.33. The molecule has 1 aromatic heterocycles. The van der Waals surface area contributed by atoms with Gasteiger partial charge in [0, 0.05) is 39.0 Å². The third kappa shape index (κ3) is 2.56. The lowest BCUT2D eigenvalue weighted by molar-refractivity contribution is -0.130. The Morgan fingerprint density at radius 1 is 1.67 bits per heavy atom. The summed E-state index contributed by atoms with van der Waals surface area (Å²) >= 11 is 0. The first-order chi connectivity index (χ1) is 8.68. The van der Waals surface area contributed by atoms with Gasteiger partial charge >= 0.3 is 0 Å². The summed E-state index contributed by atoms with van der Waals surface area (Å²) in [5.74, 6) is 1.19. The number of aromatic nitrogens is 2. The molecule has 0 saturated carbocycles. The lowest BCUT2D eigenvalue weighted by Crippen LogP contribution is -2.43. The van der Waals surface area contributed by atoms with Gasteiger partial charge in [0.05, 0.1) is 5.41 Å². The minimum absolute atomic E-state index is 0.184. The molecular weight excluding hydrogens is 228 g/mol. The van der Waals surface area contributed by atoms with Crippen molar-refractivity contribution in [2.24, 2.45) is 12.5 Å². The Bertz CT molecular complexity index is 407. The number of hydrogen-bond acceptors (Lipinski definition) is 3. The maximum Gasteiger partial charge on any atom is 0.227 e.